The van der Waals surface area contributed by atoms with Gasteiger partial charge < -0.3 is 9.47 Å². The molecule has 2 heterocycles. The topological polar surface area (TPSA) is 86.7 Å². The number of cyclic esters (lactones) is 4. The number of carbonyl (C=O) groups is 4. The Labute approximate surface area is 95.2 Å². The Morgan fingerprint density at radius 1 is 0.647 bits per heavy atom. The number of fused-ring (bicyclic) bond motifs is 8. The minimum atomic E-state index is -0.543. The first-order chi connectivity index (χ1) is 8.09. The van der Waals surface area contributed by atoms with Crippen LogP contribution >= 0.6 is 0 Å². The van der Waals surface area contributed by atoms with Crippen LogP contribution in [0.15, 0.2) is 0 Å². The predicted octanol–water partition coefficient (Wildman–Crippen LogP) is -0.732. The van der Waals surface area contributed by atoms with Crippen LogP contribution in [0.3, 0.4) is 0 Å². The van der Waals surface area contributed by atoms with Crippen LogP contribution in [-0.2, 0) is 28.7 Å². The zero-order chi connectivity index (χ0) is 11.9. The van der Waals surface area contributed by atoms with Crippen LogP contribution in [0.5, 0.6) is 0 Å². The number of esters is 4. The SMILES string of the molecule is O=C1OC(=O)C2C3CC(C12)C1C(=O)OC(=O)C31. The van der Waals surface area contributed by atoms with Crippen molar-refractivity contribution in [3.8, 4) is 0 Å². The van der Waals surface area contributed by atoms with Crippen LogP contribution < -0.4 is 0 Å². The van der Waals surface area contributed by atoms with Crippen molar-refractivity contribution in [3.63, 3.8) is 0 Å². The first-order valence-corrected chi connectivity index (χ1v) is 5.60. The normalized spacial score (nSPS) is 50.4. The molecule has 4 fully saturated rings. The van der Waals surface area contributed by atoms with Gasteiger partial charge in [0.15, 0.2) is 0 Å². The molecule has 2 saturated carbocycles. The fourth-order valence-corrected chi connectivity index (χ4v) is 4.17. The zero-order valence-corrected chi connectivity index (χ0v) is 8.62. The lowest BCUT2D eigenvalue weighted by molar-refractivity contribution is -0.155. The van der Waals surface area contributed by atoms with Crippen molar-refractivity contribution in [3.05, 3.63) is 0 Å². The molecule has 0 aromatic rings. The van der Waals surface area contributed by atoms with Gasteiger partial charge in [0.2, 0.25) is 0 Å². The van der Waals surface area contributed by atoms with E-state index in [0.29, 0.717) is 6.42 Å². The molecule has 0 radical (unpaired) electrons. The molecular formula is C11H8O6. The van der Waals surface area contributed by atoms with Crippen LogP contribution in [0.25, 0.3) is 0 Å². The minimum Gasteiger partial charge on any atom is -0.393 e. The Hall–Kier alpha value is -1.72. The van der Waals surface area contributed by atoms with Crippen molar-refractivity contribution in [2.45, 2.75) is 6.42 Å². The van der Waals surface area contributed by atoms with Gasteiger partial charge in [-0.1, -0.05) is 0 Å². The van der Waals surface area contributed by atoms with Gasteiger partial charge in [0, 0.05) is 0 Å². The Morgan fingerprint density at radius 3 is 1.24 bits per heavy atom. The van der Waals surface area contributed by atoms with Gasteiger partial charge in [-0.05, 0) is 18.3 Å². The second-order valence-electron chi connectivity index (χ2n) is 5.15. The van der Waals surface area contributed by atoms with E-state index in [0.717, 1.165) is 0 Å². The van der Waals surface area contributed by atoms with Crippen LogP contribution in [0.2, 0.25) is 0 Å². The van der Waals surface area contributed by atoms with Gasteiger partial charge in [-0.3, -0.25) is 19.2 Å². The van der Waals surface area contributed by atoms with Crippen molar-refractivity contribution >= 4 is 23.9 Å². The van der Waals surface area contributed by atoms with Crippen molar-refractivity contribution in [2.75, 3.05) is 0 Å². The van der Waals surface area contributed by atoms with E-state index in [1.165, 1.54) is 0 Å². The summed E-state index contributed by atoms with van der Waals surface area (Å²) in [5, 5.41) is 0. The monoisotopic (exact) mass is 236 g/mol. The molecule has 4 rings (SSSR count). The maximum Gasteiger partial charge on any atom is 0.317 e. The molecule has 6 heteroatoms. The summed E-state index contributed by atoms with van der Waals surface area (Å²) in [6.45, 7) is 0. The predicted molar refractivity (Wildman–Crippen MR) is 47.8 cm³/mol. The molecule has 0 aromatic heterocycles. The van der Waals surface area contributed by atoms with Gasteiger partial charge in [-0.15, -0.1) is 0 Å². The summed E-state index contributed by atoms with van der Waals surface area (Å²) in [7, 11) is 0. The highest BCUT2D eigenvalue weighted by Crippen LogP contribution is 2.62. The van der Waals surface area contributed by atoms with Crippen molar-refractivity contribution in [2.24, 2.45) is 35.5 Å². The molecule has 2 aliphatic carbocycles. The minimum absolute atomic E-state index is 0.257. The van der Waals surface area contributed by atoms with E-state index in [1.807, 2.05) is 0 Å². The van der Waals surface area contributed by atoms with Gasteiger partial charge in [0.1, 0.15) is 0 Å². The van der Waals surface area contributed by atoms with Crippen LogP contribution in [-0.4, -0.2) is 23.9 Å². The molecule has 0 amide bonds. The molecule has 17 heavy (non-hydrogen) atoms. The summed E-state index contributed by atoms with van der Waals surface area (Å²) in [6.07, 6.45) is 0.576. The largest absolute Gasteiger partial charge is 0.393 e. The lowest BCUT2D eigenvalue weighted by Gasteiger charge is -2.25. The van der Waals surface area contributed by atoms with Gasteiger partial charge in [-0.2, -0.15) is 0 Å². The third kappa shape index (κ3) is 0.852. The molecule has 0 aromatic carbocycles. The highest BCUT2D eigenvalue weighted by molar-refractivity contribution is 6.03. The molecule has 2 aliphatic heterocycles. The molecule has 0 N–H and O–H groups in total. The van der Waals surface area contributed by atoms with Gasteiger partial charge in [-0.25, -0.2) is 0 Å². The van der Waals surface area contributed by atoms with E-state index < -0.39 is 47.5 Å². The first kappa shape index (κ1) is 9.32. The van der Waals surface area contributed by atoms with Gasteiger partial charge >= 0.3 is 23.9 Å². The summed E-state index contributed by atoms with van der Waals surface area (Å²) in [6, 6.07) is 0. The van der Waals surface area contributed by atoms with E-state index in [2.05, 4.69) is 9.47 Å². The Balaban J connectivity index is 1.82. The fourth-order valence-electron chi connectivity index (χ4n) is 4.17. The summed E-state index contributed by atoms with van der Waals surface area (Å²) in [5.74, 6) is -4.83. The fraction of sp³-hybridized carbons (Fsp3) is 0.636. The highest BCUT2D eigenvalue weighted by atomic mass is 16.6. The van der Waals surface area contributed by atoms with E-state index >= 15 is 0 Å². The molecule has 2 saturated heterocycles. The number of hydrogen-bond acceptors (Lipinski definition) is 6. The third-order valence-corrected chi connectivity index (χ3v) is 4.65. The van der Waals surface area contributed by atoms with E-state index in [1.54, 1.807) is 0 Å². The average Bonchev–Trinajstić information content (AvgIpc) is 2.92. The highest BCUT2D eigenvalue weighted by Gasteiger charge is 2.72. The standard InChI is InChI=1S/C11H8O6/c12-8-4-2-1-3(6(4)10(14)16-8)7-5(2)9(13)17-11(7)15/h2-7H,1H2. The van der Waals surface area contributed by atoms with Crippen LogP contribution in [0, 0.1) is 35.5 Å². The quantitative estimate of drug-likeness (QED) is 0.407. The molecule has 6 nitrogen and oxygen atoms in total. The van der Waals surface area contributed by atoms with Crippen molar-refractivity contribution < 1.29 is 28.7 Å². The first-order valence-electron chi connectivity index (χ1n) is 5.60. The van der Waals surface area contributed by atoms with E-state index in [9.17, 15) is 19.2 Å². The third-order valence-electron chi connectivity index (χ3n) is 4.65. The maximum atomic E-state index is 11.6. The average molecular weight is 236 g/mol. The Kier molecular flexibility index (Phi) is 1.41. The van der Waals surface area contributed by atoms with E-state index in [4.69, 9.17) is 0 Å². The summed E-state index contributed by atoms with van der Waals surface area (Å²) >= 11 is 0. The molecule has 4 unspecified atom stereocenters. The molecule has 0 spiro atoms. The van der Waals surface area contributed by atoms with E-state index in [-0.39, 0.29) is 11.8 Å². The summed E-state index contributed by atoms with van der Waals surface area (Å²) in [5.41, 5.74) is 0. The number of rotatable bonds is 0. The summed E-state index contributed by atoms with van der Waals surface area (Å²) in [4.78, 5) is 46.2. The molecule has 88 valence electrons. The molecule has 4 aliphatic rings. The summed E-state index contributed by atoms with van der Waals surface area (Å²) < 4.78 is 9.21. The smallest absolute Gasteiger partial charge is 0.317 e. The second-order valence-corrected chi connectivity index (χ2v) is 5.15. The van der Waals surface area contributed by atoms with Crippen LogP contribution in [0.1, 0.15) is 6.42 Å². The molecular weight excluding hydrogens is 228 g/mol. The Bertz CT molecular complexity index is 410. The molecule has 2 bridgehead atoms. The maximum absolute atomic E-state index is 11.6. The lowest BCUT2D eigenvalue weighted by atomic mass is 9.70. The van der Waals surface area contributed by atoms with Crippen LogP contribution in [0.4, 0.5) is 0 Å². The second kappa shape index (κ2) is 2.57. The Morgan fingerprint density at radius 2 is 0.941 bits per heavy atom. The lowest BCUT2D eigenvalue weighted by Crippen LogP contribution is -2.37. The van der Waals surface area contributed by atoms with Gasteiger partial charge in [0.05, 0.1) is 23.7 Å². The number of ether oxygens (including phenoxy) is 2. The number of carbonyl (C=O) groups excluding carboxylic acids is 4. The van der Waals surface area contributed by atoms with Crippen molar-refractivity contribution in [1.29, 1.82) is 0 Å². The number of hydrogen-bond donors (Lipinski definition) is 0. The zero-order valence-electron chi connectivity index (χ0n) is 8.62. The van der Waals surface area contributed by atoms with Gasteiger partial charge in [0.25, 0.3) is 0 Å². The van der Waals surface area contributed by atoms with Crippen molar-refractivity contribution in [1.82, 2.24) is 0 Å². The molecule has 4 atom stereocenters.